The smallest absolute Gasteiger partial charge is 0.388 e. The number of carbonyl (C=O) groups is 2. The minimum Gasteiger partial charge on any atom is -0.388 e. The molecule has 1 aliphatic heterocycles. The van der Waals surface area contributed by atoms with E-state index < -0.39 is 23.6 Å². The number of thiophene rings is 1. The van der Waals surface area contributed by atoms with Gasteiger partial charge < -0.3 is 15.0 Å². The summed E-state index contributed by atoms with van der Waals surface area (Å²) in [6, 6.07) is 6.36. The largest absolute Gasteiger partial charge is 0.416 e. The number of nitrogens with zero attached hydrogens (tertiary/aromatic N) is 2. The van der Waals surface area contributed by atoms with Gasteiger partial charge in [-0.3, -0.25) is 14.5 Å². The maximum absolute atomic E-state index is 13.4. The quantitative estimate of drug-likeness (QED) is 0.421. The first kappa shape index (κ1) is 21.8. The molecule has 1 aliphatic rings. The third kappa shape index (κ3) is 4.19. The molecule has 0 saturated carbocycles. The number of likely N-dealkylation sites (N-methyl/N-ethyl adjacent to an activating group) is 1. The van der Waals surface area contributed by atoms with Crippen molar-refractivity contribution < 1.29 is 27.5 Å². The van der Waals surface area contributed by atoms with E-state index in [0.29, 0.717) is 18.2 Å². The van der Waals surface area contributed by atoms with Crippen molar-refractivity contribution in [1.82, 2.24) is 5.32 Å². The third-order valence-corrected chi connectivity index (χ3v) is 5.34. The van der Waals surface area contributed by atoms with Gasteiger partial charge in [0.25, 0.3) is 11.8 Å². The minimum atomic E-state index is -4.59. The molecule has 30 heavy (non-hydrogen) atoms. The molecule has 1 aromatic carbocycles. The Morgan fingerprint density at radius 3 is 2.53 bits per heavy atom. The van der Waals surface area contributed by atoms with Gasteiger partial charge in [0, 0.05) is 26.4 Å². The molecule has 0 fully saturated rings. The number of alkyl halides is 3. The molecule has 0 unspecified atom stereocenters. The van der Waals surface area contributed by atoms with Gasteiger partial charge in [-0.25, -0.2) is 0 Å². The Hall–Kier alpha value is -2.85. The van der Waals surface area contributed by atoms with Gasteiger partial charge in [-0.1, -0.05) is 0 Å². The van der Waals surface area contributed by atoms with Crippen molar-refractivity contribution in [2.24, 2.45) is 0 Å². The van der Waals surface area contributed by atoms with Crippen LogP contribution in [0.3, 0.4) is 0 Å². The van der Waals surface area contributed by atoms with Crippen LogP contribution >= 0.6 is 11.3 Å². The molecule has 1 N–H and O–H groups in total. The highest BCUT2D eigenvalue weighted by molar-refractivity contribution is 7.14. The molecule has 0 atom stereocenters. The van der Waals surface area contributed by atoms with Gasteiger partial charge >= 0.3 is 6.18 Å². The molecule has 0 radical (unpaired) electrons. The van der Waals surface area contributed by atoms with E-state index in [9.17, 15) is 22.8 Å². The Morgan fingerprint density at radius 2 is 1.93 bits per heavy atom. The van der Waals surface area contributed by atoms with E-state index in [1.165, 1.54) is 35.6 Å². The highest BCUT2D eigenvalue weighted by Gasteiger charge is 2.39. The Balaban J connectivity index is 2.20. The standard InChI is InChI=1S/C20H20F3N3O3S/c1-3-25-15-7-6-13(20(21,22)23)11-16(15)26(17-5-4-10-30-17)19(28)14(18(25)27)12-24-8-9-29-2/h4-7,10-12,24H,3,8-9H2,1-2H3/b14-12-. The molecule has 0 spiro atoms. The maximum Gasteiger partial charge on any atom is 0.416 e. The average Bonchev–Trinajstić information content (AvgIpc) is 3.20. The molecular formula is C20H20F3N3O3S. The number of ether oxygens (including phenoxy) is 1. The van der Waals surface area contributed by atoms with Crippen molar-refractivity contribution >= 4 is 39.5 Å². The van der Waals surface area contributed by atoms with Crippen LogP contribution in [0.25, 0.3) is 0 Å². The van der Waals surface area contributed by atoms with Crippen molar-refractivity contribution in [1.29, 1.82) is 0 Å². The first-order valence-electron chi connectivity index (χ1n) is 9.13. The van der Waals surface area contributed by atoms with Gasteiger partial charge in [0.05, 0.1) is 23.5 Å². The number of rotatable bonds is 6. The van der Waals surface area contributed by atoms with Crippen molar-refractivity contribution in [3.05, 3.63) is 53.0 Å². The minimum absolute atomic E-state index is 0.00719. The summed E-state index contributed by atoms with van der Waals surface area (Å²) in [7, 11) is 1.52. The molecule has 0 saturated heterocycles. The van der Waals surface area contributed by atoms with E-state index in [-0.39, 0.29) is 23.5 Å². The summed E-state index contributed by atoms with van der Waals surface area (Å²) in [5.41, 5.74) is -0.832. The van der Waals surface area contributed by atoms with Gasteiger partial charge in [-0.2, -0.15) is 13.2 Å². The summed E-state index contributed by atoms with van der Waals surface area (Å²) in [4.78, 5) is 29.0. The molecule has 2 aromatic rings. The van der Waals surface area contributed by atoms with Crippen molar-refractivity contribution in [2.75, 3.05) is 36.6 Å². The highest BCUT2D eigenvalue weighted by atomic mass is 32.1. The number of halogens is 3. The van der Waals surface area contributed by atoms with Crippen LogP contribution in [0.15, 0.2) is 47.5 Å². The lowest BCUT2D eigenvalue weighted by Crippen LogP contribution is -2.35. The van der Waals surface area contributed by atoms with E-state index in [2.05, 4.69) is 5.32 Å². The number of fused-ring (bicyclic) bond motifs is 1. The van der Waals surface area contributed by atoms with E-state index in [1.807, 2.05) is 0 Å². The monoisotopic (exact) mass is 439 g/mol. The lowest BCUT2D eigenvalue weighted by atomic mass is 10.1. The Labute approximate surface area is 175 Å². The van der Waals surface area contributed by atoms with E-state index in [1.54, 1.807) is 24.4 Å². The van der Waals surface area contributed by atoms with E-state index >= 15 is 0 Å². The summed E-state index contributed by atoms with van der Waals surface area (Å²) in [5, 5.41) is 4.98. The van der Waals surface area contributed by atoms with Crippen LogP contribution < -0.4 is 15.1 Å². The van der Waals surface area contributed by atoms with Crippen molar-refractivity contribution in [3.8, 4) is 0 Å². The second-order valence-electron chi connectivity index (χ2n) is 6.35. The number of benzene rings is 1. The number of hydrogen-bond donors (Lipinski definition) is 1. The topological polar surface area (TPSA) is 61.9 Å². The lowest BCUT2D eigenvalue weighted by molar-refractivity contribution is -0.137. The number of hydrogen-bond acceptors (Lipinski definition) is 5. The van der Waals surface area contributed by atoms with E-state index in [4.69, 9.17) is 4.74 Å². The highest BCUT2D eigenvalue weighted by Crippen LogP contribution is 2.43. The summed E-state index contributed by atoms with van der Waals surface area (Å²) >= 11 is 1.19. The Kier molecular flexibility index (Phi) is 6.47. The van der Waals surface area contributed by atoms with E-state index in [0.717, 1.165) is 17.0 Å². The predicted molar refractivity (Wildman–Crippen MR) is 109 cm³/mol. The maximum atomic E-state index is 13.4. The third-order valence-electron chi connectivity index (χ3n) is 4.48. The summed E-state index contributed by atoms with van der Waals surface area (Å²) < 4.78 is 45.1. The predicted octanol–water partition coefficient (Wildman–Crippen LogP) is 3.92. The number of anilines is 3. The van der Waals surface area contributed by atoms with Gasteiger partial charge in [0.15, 0.2) is 0 Å². The number of carbonyl (C=O) groups excluding carboxylic acids is 2. The van der Waals surface area contributed by atoms with Crippen LogP contribution in [-0.4, -0.2) is 38.6 Å². The summed E-state index contributed by atoms with van der Waals surface area (Å²) in [6.45, 7) is 2.59. The fourth-order valence-corrected chi connectivity index (χ4v) is 3.81. The molecule has 2 amide bonds. The van der Waals surface area contributed by atoms with Gasteiger partial charge in [-0.15, -0.1) is 11.3 Å². The first-order valence-corrected chi connectivity index (χ1v) is 10.0. The second-order valence-corrected chi connectivity index (χ2v) is 7.27. The molecule has 6 nitrogen and oxygen atoms in total. The van der Waals surface area contributed by atoms with Gasteiger partial charge in [0.2, 0.25) is 0 Å². The number of methoxy groups -OCH3 is 1. The van der Waals surface area contributed by atoms with Crippen LogP contribution in [0.4, 0.5) is 29.5 Å². The van der Waals surface area contributed by atoms with Gasteiger partial charge in [-0.05, 0) is 42.6 Å². The normalized spacial score (nSPS) is 16.1. The molecule has 3 rings (SSSR count). The van der Waals surface area contributed by atoms with Crippen molar-refractivity contribution in [2.45, 2.75) is 13.1 Å². The lowest BCUT2D eigenvalue weighted by Gasteiger charge is -2.24. The SMILES string of the molecule is CCN1C(=O)/C(=C/NCCOC)C(=O)N(c2cccs2)c2cc(C(F)(F)F)ccc21. The first-order chi connectivity index (χ1) is 14.3. The zero-order valence-corrected chi connectivity index (χ0v) is 17.1. The Bertz CT molecular complexity index is 958. The molecule has 0 aliphatic carbocycles. The second kappa shape index (κ2) is 8.88. The van der Waals surface area contributed by atoms with Crippen LogP contribution in [0.5, 0.6) is 0 Å². The fourth-order valence-electron chi connectivity index (χ4n) is 3.07. The molecule has 0 bridgehead atoms. The summed E-state index contributed by atoms with van der Waals surface area (Å²) in [5.74, 6) is -1.30. The zero-order valence-electron chi connectivity index (χ0n) is 16.3. The summed E-state index contributed by atoms with van der Waals surface area (Å²) in [6.07, 6.45) is -3.30. The van der Waals surface area contributed by atoms with Gasteiger partial charge in [0.1, 0.15) is 10.6 Å². The molecule has 2 heterocycles. The number of amides is 2. The average molecular weight is 439 g/mol. The van der Waals surface area contributed by atoms with Crippen LogP contribution in [0, 0.1) is 0 Å². The van der Waals surface area contributed by atoms with Crippen LogP contribution in [0.1, 0.15) is 12.5 Å². The Morgan fingerprint density at radius 1 is 1.17 bits per heavy atom. The van der Waals surface area contributed by atoms with Crippen LogP contribution in [-0.2, 0) is 20.5 Å². The van der Waals surface area contributed by atoms with Crippen LogP contribution in [0.2, 0.25) is 0 Å². The molecule has 1 aromatic heterocycles. The van der Waals surface area contributed by atoms with Crippen molar-refractivity contribution in [3.63, 3.8) is 0 Å². The molecular weight excluding hydrogens is 419 g/mol. The number of nitrogens with one attached hydrogen (secondary N) is 1. The zero-order chi connectivity index (χ0) is 21.9. The molecule has 10 heteroatoms. The molecule has 160 valence electrons. The fraction of sp³-hybridized carbons (Fsp3) is 0.300.